The molecule has 20 heavy (non-hydrogen) atoms. The molecule has 0 bridgehead atoms. The van der Waals surface area contributed by atoms with Gasteiger partial charge in [-0.05, 0) is 18.9 Å². The highest BCUT2D eigenvalue weighted by molar-refractivity contribution is 6.31. The van der Waals surface area contributed by atoms with Gasteiger partial charge in [0.05, 0.1) is 32.4 Å². The molecule has 1 fully saturated rings. The summed E-state index contributed by atoms with van der Waals surface area (Å²) < 4.78 is 15.4. The fourth-order valence-corrected chi connectivity index (χ4v) is 2.91. The number of halogens is 1. The van der Waals surface area contributed by atoms with Crippen molar-refractivity contribution in [2.75, 3.05) is 27.9 Å². The molecule has 0 N–H and O–H groups in total. The van der Waals surface area contributed by atoms with Gasteiger partial charge in [-0.15, -0.1) is 0 Å². The maximum absolute atomic E-state index is 11.8. The lowest BCUT2D eigenvalue weighted by atomic mass is 10.0. The largest absolute Gasteiger partial charge is 0.497 e. The maximum atomic E-state index is 11.8. The second-order valence-corrected chi connectivity index (χ2v) is 4.95. The van der Waals surface area contributed by atoms with Crippen LogP contribution in [0, 0.1) is 0 Å². The van der Waals surface area contributed by atoms with Crippen LogP contribution in [0.1, 0.15) is 24.4 Å². The third-order valence-electron chi connectivity index (χ3n) is 3.52. The molecule has 0 radical (unpaired) electrons. The molecule has 1 heterocycles. The van der Waals surface area contributed by atoms with E-state index in [1.54, 1.807) is 31.3 Å². The number of nitrogens with zero attached hydrogens (tertiary/aromatic N) is 1. The van der Waals surface area contributed by atoms with Crippen molar-refractivity contribution >= 4 is 17.7 Å². The highest BCUT2D eigenvalue weighted by Crippen LogP contribution is 2.43. The summed E-state index contributed by atoms with van der Waals surface area (Å²) in [6.07, 6.45) is 1.39. The number of benzene rings is 1. The molecule has 1 amide bonds. The summed E-state index contributed by atoms with van der Waals surface area (Å²) in [6, 6.07) is 3.37. The van der Waals surface area contributed by atoms with E-state index in [0.717, 1.165) is 18.4 Å². The average Bonchev–Trinajstić information content (AvgIpc) is 2.94. The number of likely N-dealkylation sites (tertiary alicyclic amines) is 1. The maximum Gasteiger partial charge on any atom is 0.409 e. The zero-order chi connectivity index (χ0) is 14.7. The summed E-state index contributed by atoms with van der Waals surface area (Å²) in [5, 5.41) is 0.530. The molecule has 0 aromatic heterocycles. The molecule has 1 atom stereocenters. The van der Waals surface area contributed by atoms with E-state index in [4.69, 9.17) is 25.8 Å². The first-order valence-electron chi connectivity index (χ1n) is 6.38. The fraction of sp³-hybridized carbons (Fsp3) is 0.500. The third kappa shape index (κ3) is 2.63. The van der Waals surface area contributed by atoms with Crippen LogP contribution in [-0.4, -0.2) is 38.9 Å². The molecular formula is C14H18ClNO4. The molecule has 1 unspecified atom stereocenters. The molecule has 5 nitrogen and oxygen atoms in total. The van der Waals surface area contributed by atoms with Gasteiger partial charge in [0.25, 0.3) is 0 Å². The van der Waals surface area contributed by atoms with Crippen LogP contribution in [0.2, 0.25) is 5.02 Å². The van der Waals surface area contributed by atoms with Crippen molar-refractivity contribution in [2.45, 2.75) is 18.9 Å². The average molecular weight is 300 g/mol. The monoisotopic (exact) mass is 299 g/mol. The van der Waals surface area contributed by atoms with Gasteiger partial charge in [-0.3, -0.25) is 0 Å². The molecule has 2 rings (SSSR count). The van der Waals surface area contributed by atoms with E-state index in [-0.39, 0.29) is 12.1 Å². The summed E-state index contributed by atoms with van der Waals surface area (Å²) in [4.78, 5) is 13.5. The molecule has 0 spiro atoms. The SMILES string of the molecule is COC(=O)N1CCCC1c1c(Cl)cc(OC)cc1OC. The second kappa shape index (κ2) is 6.22. The first kappa shape index (κ1) is 14.8. The first-order valence-corrected chi connectivity index (χ1v) is 6.76. The molecule has 1 aliphatic rings. The minimum absolute atomic E-state index is 0.129. The summed E-state index contributed by atoms with van der Waals surface area (Å²) in [5.41, 5.74) is 0.804. The van der Waals surface area contributed by atoms with E-state index in [1.807, 2.05) is 0 Å². The van der Waals surface area contributed by atoms with Gasteiger partial charge in [-0.1, -0.05) is 11.6 Å². The number of rotatable bonds is 3. The summed E-state index contributed by atoms with van der Waals surface area (Å²) >= 11 is 6.35. The molecule has 1 aromatic carbocycles. The van der Waals surface area contributed by atoms with E-state index in [1.165, 1.54) is 7.11 Å². The normalized spacial score (nSPS) is 18.0. The highest BCUT2D eigenvalue weighted by atomic mass is 35.5. The van der Waals surface area contributed by atoms with Crippen LogP contribution in [0.5, 0.6) is 11.5 Å². The molecule has 1 saturated heterocycles. The zero-order valence-electron chi connectivity index (χ0n) is 11.8. The molecule has 110 valence electrons. The van der Waals surface area contributed by atoms with Gasteiger partial charge in [-0.2, -0.15) is 0 Å². The quantitative estimate of drug-likeness (QED) is 0.859. The predicted molar refractivity (Wildman–Crippen MR) is 75.6 cm³/mol. The number of methoxy groups -OCH3 is 3. The zero-order valence-corrected chi connectivity index (χ0v) is 12.6. The van der Waals surface area contributed by atoms with Gasteiger partial charge >= 0.3 is 6.09 Å². The Morgan fingerprint density at radius 1 is 1.30 bits per heavy atom. The molecule has 1 aliphatic heterocycles. The van der Waals surface area contributed by atoms with Crippen molar-refractivity contribution in [3.05, 3.63) is 22.7 Å². The summed E-state index contributed by atoms with van der Waals surface area (Å²) in [7, 11) is 4.53. The third-order valence-corrected chi connectivity index (χ3v) is 3.83. The van der Waals surface area contributed by atoms with Gasteiger partial charge in [0.2, 0.25) is 0 Å². The Kier molecular flexibility index (Phi) is 4.60. The Hall–Kier alpha value is -1.62. The van der Waals surface area contributed by atoms with Crippen LogP contribution < -0.4 is 9.47 Å². The number of carbonyl (C=O) groups is 1. The predicted octanol–water partition coefficient (Wildman–Crippen LogP) is 3.26. The van der Waals surface area contributed by atoms with E-state index < -0.39 is 0 Å². The Morgan fingerprint density at radius 3 is 2.65 bits per heavy atom. The molecule has 0 aliphatic carbocycles. The number of carbonyl (C=O) groups excluding carboxylic acids is 1. The first-order chi connectivity index (χ1) is 9.62. The lowest BCUT2D eigenvalue weighted by molar-refractivity contribution is 0.118. The minimum Gasteiger partial charge on any atom is -0.497 e. The number of hydrogen-bond donors (Lipinski definition) is 0. The van der Waals surface area contributed by atoms with Crippen molar-refractivity contribution in [1.29, 1.82) is 0 Å². The Morgan fingerprint density at radius 2 is 2.05 bits per heavy atom. The number of hydrogen-bond acceptors (Lipinski definition) is 4. The smallest absolute Gasteiger partial charge is 0.409 e. The second-order valence-electron chi connectivity index (χ2n) is 4.55. The molecule has 0 saturated carbocycles. The Labute approximate surface area is 123 Å². The van der Waals surface area contributed by atoms with Crippen molar-refractivity contribution in [2.24, 2.45) is 0 Å². The van der Waals surface area contributed by atoms with Gasteiger partial charge in [0, 0.05) is 18.2 Å². The van der Waals surface area contributed by atoms with Crippen LogP contribution >= 0.6 is 11.6 Å². The van der Waals surface area contributed by atoms with E-state index in [9.17, 15) is 4.79 Å². The van der Waals surface area contributed by atoms with Gasteiger partial charge in [0.15, 0.2) is 0 Å². The van der Waals surface area contributed by atoms with Gasteiger partial charge in [0.1, 0.15) is 11.5 Å². The minimum atomic E-state index is -0.346. The van der Waals surface area contributed by atoms with Crippen LogP contribution in [0.25, 0.3) is 0 Å². The van der Waals surface area contributed by atoms with Gasteiger partial charge < -0.3 is 19.1 Å². The van der Waals surface area contributed by atoms with E-state index >= 15 is 0 Å². The van der Waals surface area contributed by atoms with Crippen molar-refractivity contribution in [1.82, 2.24) is 4.90 Å². The van der Waals surface area contributed by atoms with Crippen molar-refractivity contribution in [3.8, 4) is 11.5 Å². The number of amides is 1. The number of ether oxygens (including phenoxy) is 3. The lowest BCUT2D eigenvalue weighted by Crippen LogP contribution is -2.30. The summed E-state index contributed by atoms with van der Waals surface area (Å²) in [5.74, 6) is 1.24. The lowest BCUT2D eigenvalue weighted by Gasteiger charge is -2.26. The highest BCUT2D eigenvalue weighted by Gasteiger charge is 2.34. The van der Waals surface area contributed by atoms with Crippen molar-refractivity contribution < 1.29 is 19.0 Å². The molecular weight excluding hydrogens is 282 g/mol. The van der Waals surface area contributed by atoms with E-state index in [0.29, 0.717) is 23.1 Å². The van der Waals surface area contributed by atoms with Crippen LogP contribution in [0.4, 0.5) is 4.79 Å². The van der Waals surface area contributed by atoms with E-state index in [2.05, 4.69) is 0 Å². The topological polar surface area (TPSA) is 48.0 Å². The van der Waals surface area contributed by atoms with Crippen LogP contribution in [0.15, 0.2) is 12.1 Å². The van der Waals surface area contributed by atoms with Crippen LogP contribution in [-0.2, 0) is 4.74 Å². The summed E-state index contributed by atoms with van der Waals surface area (Å²) in [6.45, 7) is 0.656. The standard InChI is InChI=1S/C14H18ClNO4/c1-18-9-7-10(15)13(12(8-9)19-2)11-5-4-6-16(11)14(17)20-3/h7-8,11H,4-6H2,1-3H3. The fourth-order valence-electron chi connectivity index (χ4n) is 2.58. The molecule has 6 heteroatoms. The van der Waals surface area contributed by atoms with Crippen LogP contribution in [0.3, 0.4) is 0 Å². The van der Waals surface area contributed by atoms with Gasteiger partial charge in [-0.25, -0.2) is 4.79 Å². The van der Waals surface area contributed by atoms with Crippen molar-refractivity contribution in [3.63, 3.8) is 0 Å². The Bertz CT molecular complexity index is 506. The Balaban J connectivity index is 2.43. The molecule has 1 aromatic rings.